The molecule has 10 heteroatoms. The number of likely N-dealkylation sites (tertiary alicyclic amines) is 1. The Kier molecular flexibility index (Phi) is 9.04. The third-order valence-corrected chi connectivity index (χ3v) is 6.16. The zero-order chi connectivity index (χ0) is 23.8. The number of carbonyl (C=O) groups is 3. The van der Waals surface area contributed by atoms with Gasteiger partial charge in [0, 0.05) is 59.1 Å². The van der Waals surface area contributed by atoms with E-state index in [1.165, 1.54) is 7.11 Å². The number of nitrogens with zero attached hydrogens (tertiary/aromatic N) is 3. The van der Waals surface area contributed by atoms with Gasteiger partial charge in [0.1, 0.15) is 18.4 Å². The number of rotatable bonds is 9. The van der Waals surface area contributed by atoms with Crippen LogP contribution in [0.1, 0.15) is 16.8 Å². The van der Waals surface area contributed by atoms with Crippen molar-refractivity contribution in [1.29, 1.82) is 0 Å². The van der Waals surface area contributed by atoms with E-state index < -0.39 is 6.04 Å². The summed E-state index contributed by atoms with van der Waals surface area (Å²) in [6.07, 6.45) is 0.379. The van der Waals surface area contributed by atoms with Crippen LogP contribution in [0.2, 0.25) is 0 Å². The van der Waals surface area contributed by atoms with Crippen molar-refractivity contribution >= 4 is 17.7 Å². The van der Waals surface area contributed by atoms with E-state index >= 15 is 0 Å². The van der Waals surface area contributed by atoms with Crippen LogP contribution in [0.5, 0.6) is 5.75 Å². The van der Waals surface area contributed by atoms with Crippen LogP contribution in [0.15, 0.2) is 24.3 Å². The first-order chi connectivity index (χ1) is 16.0. The quantitative estimate of drug-likeness (QED) is 0.544. The standard InChI is InChI=1S/C23H34N4O6/c1-31-13-12-26(22(29)17-4-6-19(33-3)7-5-17)18-14-20(27(15-18)21(28)16-32-2)23(30)25-10-8-24-9-11-25/h4-7,18,20,24H,8-16H2,1-3H3. The molecule has 2 fully saturated rings. The third kappa shape index (κ3) is 6.01. The Balaban J connectivity index is 1.83. The molecular weight excluding hydrogens is 428 g/mol. The van der Waals surface area contributed by atoms with E-state index in [2.05, 4.69) is 5.32 Å². The summed E-state index contributed by atoms with van der Waals surface area (Å²) in [5.41, 5.74) is 0.513. The molecular formula is C23H34N4O6. The first kappa shape index (κ1) is 24.9. The second-order valence-electron chi connectivity index (χ2n) is 8.18. The molecule has 0 spiro atoms. The second kappa shape index (κ2) is 12.0. The summed E-state index contributed by atoms with van der Waals surface area (Å²) in [7, 11) is 4.61. The van der Waals surface area contributed by atoms with Crippen molar-refractivity contribution in [2.24, 2.45) is 0 Å². The molecule has 2 aliphatic rings. The van der Waals surface area contributed by atoms with Crippen LogP contribution in [0, 0.1) is 0 Å². The molecule has 0 radical (unpaired) electrons. The minimum absolute atomic E-state index is 0.0768. The van der Waals surface area contributed by atoms with Gasteiger partial charge in [-0.1, -0.05) is 0 Å². The summed E-state index contributed by atoms with van der Waals surface area (Å²) >= 11 is 0. The van der Waals surface area contributed by atoms with E-state index in [0.29, 0.717) is 44.0 Å². The molecule has 0 bridgehead atoms. The predicted molar refractivity (Wildman–Crippen MR) is 121 cm³/mol. The summed E-state index contributed by atoms with van der Waals surface area (Å²) in [6.45, 7) is 3.52. The molecule has 2 unspecified atom stereocenters. The molecule has 0 aliphatic carbocycles. The Morgan fingerprint density at radius 2 is 1.76 bits per heavy atom. The number of methoxy groups -OCH3 is 3. The first-order valence-electron chi connectivity index (χ1n) is 11.2. The lowest BCUT2D eigenvalue weighted by molar-refractivity contribution is -0.146. The SMILES string of the molecule is COCCN(C(=O)c1ccc(OC)cc1)C1CC(C(=O)N2CCNCC2)N(C(=O)COC)C1. The maximum absolute atomic E-state index is 13.4. The molecule has 1 N–H and O–H groups in total. The van der Waals surface area contributed by atoms with Gasteiger partial charge < -0.3 is 34.2 Å². The number of benzene rings is 1. The van der Waals surface area contributed by atoms with E-state index in [0.717, 1.165) is 13.1 Å². The second-order valence-corrected chi connectivity index (χ2v) is 8.18. The Labute approximate surface area is 194 Å². The van der Waals surface area contributed by atoms with E-state index in [1.807, 2.05) is 0 Å². The lowest BCUT2D eigenvalue weighted by Gasteiger charge is -2.32. The highest BCUT2D eigenvalue weighted by Gasteiger charge is 2.44. The Bertz CT molecular complexity index is 812. The molecule has 0 aromatic heterocycles. The number of amides is 3. The Morgan fingerprint density at radius 1 is 1.06 bits per heavy atom. The van der Waals surface area contributed by atoms with Gasteiger partial charge in [0.2, 0.25) is 11.8 Å². The lowest BCUT2D eigenvalue weighted by Crippen LogP contribution is -2.53. The molecule has 2 aliphatic heterocycles. The fourth-order valence-electron chi connectivity index (χ4n) is 4.39. The van der Waals surface area contributed by atoms with Crippen LogP contribution in [-0.4, -0.2) is 118 Å². The molecule has 10 nitrogen and oxygen atoms in total. The number of hydrogen-bond donors (Lipinski definition) is 1. The Morgan fingerprint density at radius 3 is 2.36 bits per heavy atom. The van der Waals surface area contributed by atoms with Crippen LogP contribution >= 0.6 is 0 Å². The molecule has 0 saturated carbocycles. The van der Waals surface area contributed by atoms with Crippen LogP contribution < -0.4 is 10.1 Å². The van der Waals surface area contributed by atoms with Crippen molar-refractivity contribution in [3.63, 3.8) is 0 Å². The van der Waals surface area contributed by atoms with Crippen molar-refractivity contribution in [1.82, 2.24) is 20.0 Å². The van der Waals surface area contributed by atoms with Gasteiger partial charge in [-0.3, -0.25) is 14.4 Å². The average molecular weight is 463 g/mol. The largest absolute Gasteiger partial charge is 0.497 e. The number of hydrogen-bond acceptors (Lipinski definition) is 7. The maximum atomic E-state index is 13.4. The van der Waals surface area contributed by atoms with Crippen molar-refractivity contribution in [2.75, 3.05) is 73.8 Å². The maximum Gasteiger partial charge on any atom is 0.254 e. The lowest BCUT2D eigenvalue weighted by atomic mass is 10.1. The van der Waals surface area contributed by atoms with Crippen molar-refractivity contribution in [3.05, 3.63) is 29.8 Å². The summed E-state index contributed by atoms with van der Waals surface area (Å²) in [5, 5.41) is 3.24. The normalized spacial score (nSPS) is 20.6. The van der Waals surface area contributed by atoms with Crippen molar-refractivity contribution < 1.29 is 28.6 Å². The monoisotopic (exact) mass is 462 g/mol. The van der Waals surface area contributed by atoms with Gasteiger partial charge in [0.05, 0.1) is 19.8 Å². The molecule has 182 valence electrons. The summed E-state index contributed by atoms with van der Waals surface area (Å²) < 4.78 is 15.5. The van der Waals surface area contributed by atoms with Gasteiger partial charge in [-0.2, -0.15) is 0 Å². The molecule has 3 amide bonds. The van der Waals surface area contributed by atoms with E-state index in [9.17, 15) is 14.4 Å². The number of piperazine rings is 1. The van der Waals surface area contributed by atoms with E-state index in [4.69, 9.17) is 14.2 Å². The predicted octanol–water partition coefficient (Wildman–Crippen LogP) is -0.168. The highest BCUT2D eigenvalue weighted by Crippen LogP contribution is 2.26. The van der Waals surface area contributed by atoms with E-state index in [-0.39, 0.29) is 36.9 Å². The average Bonchev–Trinajstić information content (AvgIpc) is 3.29. The smallest absolute Gasteiger partial charge is 0.254 e. The highest BCUT2D eigenvalue weighted by molar-refractivity contribution is 5.95. The fourth-order valence-corrected chi connectivity index (χ4v) is 4.39. The molecule has 1 aromatic rings. The molecule has 2 saturated heterocycles. The zero-order valence-electron chi connectivity index (χ0n) is 19.6. The van der Waals surface area contributed by atoms with Gasteiger partial charge in [0.15, 0.2) is 0 Å². The summed E-state index contributed by atoms with van der Waals surface area (Å²) in [4.78, 5) is 44.6. The fraction of sp³-hybridized carbons (Fsp3) is 0.609. The van der Waals surface area contributed by atoms with Crippen LogP contribution in [0.25, 0.3) is 0 Å². The first-order valence-corrected chi connectivity index (χ1v) is 11.2. The third-order valence-electron chi connectivity index (χ3n) is 6.16. The summed E-state index contributed by atoms with van der Waals surface area (Å²) in [6, 6.07) is 5.97. The van der Waals surface area contributed by atoms with E-state index in [1.54, 1.807) is 53.2 Å². The van der Waals surface area contributed by atoms with Gasteiger partial charge in [-0.25, -0.2) is 0 Å². The topological polar surface area (TPSA) is 101 Å². The van der Waals surface area contributed by atoms with Crippen LogP contribution in [0.4, 0.5) is 0 Å². The van der Waals surface area contributed by atoms with Gasteiger partial charge in [0.25, 0.3) is 5.91 Å². The molecule has 1 aromatic carbocycles. The van der Waals surface area contributed by atoms with Crippen LogP contribution in [0.3, 0.4) is 0 Å². The molecule has 3 rings (SSSR count). The minimum atomic E-state index is -0.621. The highest BCUT2D eigenvalue weighted by atomic mass is 16.5. The molecule has 2 atom stereocenters. The van der Waals surface area contributed by atoms with Gasteiger partial charge in [-0.05, 0) is 30.7 Å². The molecule has 2 heterocycles. The summed E-state index contributed by atoms with van der Waals surface area (Å²) in [5.74, 6) is 0.159. The van der Waals surface area contributed by atoms with Crippen LogP contribution in [-0.2, 0) is 19.1 Å². The number of carbonyl (C=O) groups excluding carboxylic acids is 3. The van der Waals surface area contributed by atoms with Gasteiger partial charge in [-0.15, -0.1) is 0 Å². The minimum Gasteiger partial charge on any atom is -0.497 e. The number of ether oxygens (including phenoxy) is 3. The number of nitrogens with one attached hydrogen (secondary N) is 1. The van der Waals surface area contributed by atoms with Gasteiger partial charge >= 0.3 is 0 Å². The Hall–Kier alpha value is -2.69. The van der Waals surface area contributed by atoms with Crippen molar-refractivity contribution in [2.45, 2.75) is 18.5 Å². The van der Waals surface area contributed by atoms with Crippen molar-refractivity contribution in [3.8, 4) is 5.75 Å². The zero-order valence-corrected chi connectivity index (χ0v) is 19.6. The molecule has 33 heavy (non-hydrogen) atoms.